The molecule has 1 aromatic carbocycles. The molecule has 1 aliphatic carbocycles. The molecule has 0 aliphatic heterocycles. The summed E-state index contributed by atoms with van der Waals surface area (Å²) < 4.78 is 11.2. The minimum Gasteiger partial charge on any atom is -0.444 e. The quantitative estimate of drug-likeness (QED) is 0.582. The Morgan fingerprint density at radius 2 is 1.72 bits per heavy atom. The molecule has 2 N–H and O–H groups in total. The number of alkyl carbamates (subject to hydrolysis) is 1. The lowest BCUT2D eigenvalue weighted by molar-refractivity contribution is 0.0488. The molecule has 3 rings (SSSR count). The number of benzene rings is 1. The molecule has 0 bridgehead atoms. The normalized spacial score (nSPS) is 18.5. The van der Waals surface area contributed by atoms with Crippen molar-refractivity contribution >= 4 is 23.8 Å². The van der Waals surface area contributed by atoms with Crippen LogP contribution in [0.1, 0.15) is 56.8 Å². The van der Waals surface area contributed by atoms with Gasteiger partial charge in [-0.1, -0.05) is 6.07 Å². The van der Waals surface area contributed by atoms with Crippen molar-refractivity contribution in [2.45, 2.75) is 69.0 Å². The third kappa shape index (κ3) is 7.15. The number of hydrogen-bond acceptors (Lipinski definition) is 6. The number of carbonyl (C=O) groups excluding carboxylic acids is 2. The van der Waals surface area contributed by atoms with Crippen molar-refractivity contribution < 1.29 is 19.1 Å². The number of pyridine rings is 1. The Bertz CT molecular complexity index is 937. The molecule has 2 amide bonds. The first-order valence-electron chi connectivity index (χ1n) is 10.8. The van der Waals surface area contributed by atoms with Gasteiger partial charge in [-0.3, -0.25) is 4.79 Å². The summed E-state index contributed by atoms with van der Waals surface area (Å²) >= 11 is 1.62. The average molecular weight is 458 g/mol. The number of thioether (sulfide) groups is 1. The summed E-state index contributed by atoms with van der Waals surface area (Å²) in [6.07, 6.45) is 6.32. The molecule has 0 saturated heterocycles. The molecule has 172 valence electrons. The molecule has 0 radical (unpaired) electrons. The number of rotatable bonds is 6. The maximum atomic E-state index is 12.9. The van der Waals surface area contributed by atoms with Crippen LogP contribution in [0.5, 0.6) is 11.6 Å². The van der Waals surface area contributed by atoms with E-state index in [9.17, 15) is 9.59 Å². The zero-order chi connectivity index (χ0) is 23.1. The van der Waals surface area contributed by atoms with Crippen LogP contribution in [0.3, 0.4) is 0 Å². The minimum absolute atomic E-state index is 0.0343. The summed E-state index contributed by atoms with van der Waals surface area (Å²) in [5.41, 5.74) is -0.119. The van der Waals surface area contributed by atoms with Crippen LogP contribution in [0.2, 0.25) is 0 Å². The van der Waals surface area contributed by atoms with Gasteiger partial charge in [0.15, 0.2) is 0 Å². The van der Waals surface area contributed by atoms with E-state index in [0.29, 0.717) is 11.3 Å². The number of hydrogen-bond donors (Lipinski definition) is 2. The molecule has 2 aromatic rings. The summed E-state index contributed by atoms with van der Waals surface area (Å²) in [6, 6.07) is 11.2. The summed E-state index contributed by atoms with van der Waals surface area (Å²) in [7, 11) is 0. The molecule has 8 heteroatoms. The fourth-order valence-corrected chi connectivity index (χ4v) is 3.99. The van der Waals surface area contributed by atoms with Crippen molar-refractivity contribution in [2.24, 2.45) is 0 Å². The van der Waals surface area contributed by atoms with Gasteiger partial charge in [-0.2, -0.15) is 0 Å². The second-order valence-electron chi connectivity index (χ2n) is 8.81. The van der Waals surface area contributed by atoms with Gasteiger partial charge >= 0.3 is 6.09 Å². The highest BCUT2D eigenvalue weighted by atomic mass is 32.2. The van der Waals surface area contributed by atoms with Crippen LogP contribution in [0.25, 0.3) is 0 Å². The number of nitrogens with one attached hydrogen (secondary N) is 2. The topological polar surface area (TPSA) is 89.5 Å². The van der Waals surface area contributed by atoms with E-state index in [1.54, 1.807) is 30.1 Å². The van der Waals surface area contributed by atoms with Gasteiger partial charge < -0.3 is 20.1 Å². The summed E-state index contributed by atoms with van der Waals surface area (Å²) in [5, 5.41) is 6.01. The number of carbonyl (C=O) groups is 2. The maximum absolute atomic E-state index is 12.9. The van der Waals surface area contributed by atoms with Gasteiger partial charge in [0.25, 0.3) is 5.91 Å². The van der Waals surface area contributed by atoms with Crippen LogP contribution in [0, 0.1) is 0 Å². The van der Waals surface area contributed by atoms with Gasteiger partial charge in [-0.15, -0.1) is 11.8 Å². The summed E-state index contributed by atoms with van der Waals surface area (Å²) in [5.74, 6) is 0.708. The molecular formula is C24H31N3O4S. The highest BCUT2D eigenvalue weighted by molar-refractivity contribution is 7.98. The van der Waals surface area contributed by atoms with Crippen molar-refractivity contribution in [1.82, 2.24) is 15.6 Å². The van der Waals surface area contributed by atoms with E-state index >= 15 is 0 Å². The van der Waals surface area contributed by atoms with Gasteiger partial charge in [-0.05, 0) is 83.0 Å². The predicted molar refractivity (Wildman–Crippen MR) is 125 cm³/mol. The van der Waals surface area contributed by atoms with E-state index in [4.69, 9.17) is 9.47 Å². The van der Waals surface area contributed by atoms with Crippen molar-refractivity contribution in [3.8, 4) is 11.6 Å². The van der Waals surface area contributed by atoms with E-state index in [1.165, 1.54) is 0 Å². The summed E-state index contributed by atoms with van der Waals surface area (Å²) in [4.78, 5) is 30.2. The Morgan fingerprint density at radius 3 is 2.38 bits per heavy atom. The number of amides is 2. The Balaban J connectivity index is 1.55. The first-order chi connectivity index (χ1) is 15.2. The lowest BCUT2D eigenvalue weighted by atomic mass is 9.91. The van der Waals surface area contributed by atoms with E-state index in [0.717, 1.165) is 30.6 Å². The monoisotopic (exact) mass is 457 g/mol. The molecule has 7 nitrogen and oxygen atoms in total. The van der Waals surface area contributed by atoms with Crippen LogP contribution in [-0.4, -0.2) is 40.9 Å². The maximum Gasteiger partial charge on any atom is 0.407 e. The van der Waals surface area contributed by atoms with Crippen molar-refractivity contribution in [2.75, 3.05) is 6.26 Å². The van der Waals surface area contributed by atoms with E-state index in [1.807, 2.05) is 51.3 Å². The molecule has 0 unspecified atom stereocenters. The van der Waals surface area contributed by atoms with Gasteiger partial charge in [0.05, 0.1) is 0 Å². The Labute approximate surface area is 193 Å². The largest absolute Gasteiger partial charge is 0.444 e. The lowest BCUT2D eigenvalue weighted by Gasteiger charge is -2.30. The van der Waals surface area contributed by atoms with Crippen LogP contribution in [0.15, 0.2) is 47.5 Å². The predicted octanol–water partition coefficient (Wildman–Crippen LogP) is 5.16. The zero-order valence-electron chi connectivity index (χ0n) is 19.0. The van der Waals surface area contributed by atoms with E-state index < -0.39 is 11.7 Å². The van der Waals surface area contributed by atoms with Gasteiger partial charge in [-0.25, -0.2) is 9.78 Å². The van der Waals surface area contributed by atoms with E-state index in [-0.39, 0.29) is 23.9 Å². The van der Waals surface area contributed by atoms with Crippen molar-refractivity contribution in [3.05, 3.63) is 48.2 Å². The number of nitrogens with zero attached hydrogens (tertiary/aromatic N) is 1. The number of ether oxygens (including phenoxy) is 2. The standard InChI is InChI=1S/C24H31N3O4S/c1-24(2,3)31-23(29)27-17-12-10-16(11-13-17)26-21(28)20-9-6-14-25-22(20)30-18-7-5-8-19(15-18)32-4/h5-9,14-17H,10-13H2,1-4H3,(H,26,28)(H,27,29). The van der Waals surface area contributed by atoms with Gasteiger partial charge in [0, 0.05) is 23.2 Å². The van der Waals surface area contributed by atoms with Gasteiger partial charge in [0.2, 0.25) is 5.88 Å². The third-order valence-corrected chi connectivity index (χ3v) is 5.78. The molecule has 1 aliphatic rings. The first kappa shape index (κ1) is 23.9. The van der Waals surface area contributed by atoms with Crippen molar-refractivity contribution in [1.29, 1.82) is 0 Å². The second kappa shape index (κ2) is 10.7. The fraction of sp³-hybridized carbons (Fsp3) is 0.458. The molecular weight excluding hydrogens is 426 g/mol. The molecule has 1 heterocycles. The minimum atomic E-state index is -0.518. The molecule has 0 spiro atoms. The van der Waals surface area contributed by atoms with Crippen LogP contribution in [-0.2, 0) is 4.74 Å². The smallest absolute Gasteiger partial charge is 0.407 e. The van der Waals surface area contributed by atoms with E-state index in [2.05, 4.69) is 15.6 Å². The molecule has 32 heavy (non-hydrogen) atoms. The molecule has 1 fully saturated rings. The molecule has 1 aromatic heterocycles. The average Bonchev–Trinajstić information content (AvgIpc) is 2.74. The van der Waals surface area contributed by atoms with Crippen LogP contribution in [0.4, 0.5) is 4.79 Å². The fourth-order valence-electron chi connectivity index (χ4n) is 3.54. The highest BCUT2D eigenvalue weighted by Crippen LogP contribution is 2.27. The second-order valence-corrected chi connectivity index (χ2v) is 9.69. The Morgan fingerprint density at radius 1 is 1.03 bits per heavy atom. The SMILES string of the molecule is CSc1cccc(Oc2ncccc2C(=O)NC2CCC(NC(=O)OC(C)(C)C)CC2)c1. The van der Waals surface area contributed by atoms with Gasteiger partial charge in [0.1, 0.15) is 16.9 Å². The Kier molecular flexibility index (Phi) is 8.01. The summed E-state index contributed by atoms with van der Waals surface area (Å²) in [6.45, 7) is 5.53. The van der Waals surface area contributed by atoms with Crippen LogP contribution < -0.4 is 15.4 Å². The van der Waals surface area contributed by atoms with Crippen molar-refractivity contribution in [3.63, 3.8) is 0 Å². The van der Waals surface area contributed by atoms with Crippen LogP contribution >= 0.6 is 11.8 Å². The molecule has 1 saturated carbocycles. The molecule has 0 atom stereocenters. The lowest BCUT2D eigenvalue weighted by Crippen LogP contribution is -2.45. The number of aromatic nitrogens is 1. The Hall–Kier alpha value is -2.74. The third-order valence-electron chi connectivity index (χ3n) is 5.05. The first-order valence-corrected chi connectivity index (χ1v) is 12.0. The zero-order valence-corrected chi connectivity index (χ0v) is 19.8. The highest BCUT2D eigenvalue weighted by Gasteiger charge is 2.26.